The molecule has 4 rings (SSSR count). The van der Waals surface area contributed by atoms with Crippen LogP contribution in [-0.2, 0) is 9.53 Å². The standard InChI is InChI=1S/C26H24N4O3/c1-18(2)26(31)32-17-16-30(3)22-14-12-21(13-15-22)29-28-20-10-8-19(9-11-20)25-27-23-6-4-5-7-24(23)33-25/h4-15H,1,16-17H2,2-3H3. The quantitative estimate of drug-likeness (QED) is 0.178. The second-order valence-electron chi connectivity index (χ2n) is 7.59. The number of fused-ring (bicyclic) bond motifs is 1. The van der Waals surface area contributed by atoms with E-state index in [9.17, 15) is 4.79 Å². The molecule has 0 unspecified atom stereocenters. The molecule has 0 bridgehead atoms. The minimum atomic E-state index is -0.374. The van der Waals surface area contributed by atoms with Crippen LogP contribution in [0.5, 0.6) is 0 Å². The van der Waals surface area contributed by atoms with Gasteiger partial charge in [0.2, 0.25) is 5.89 Å². The van der Waals surface area contributed by atoms with Gasteiger partial charge in [0, 0.05) is 23.9 Å². The van der Waals surface area contributed by atoms with Gasteiger partial charge in [0.25, 0.3) is 0 Å². The molecule has 0 aliphatic heterocycles. The van der Waals surface area contributed by atoms with E-state index in [1.807, 2.05) is 84.7 Å². The fourth-order valence-electron chi connectivity index (χ4n) is 3.08. The number of anilines is 1. The highest BCUT2D eigenvalue weighted by Gasteiger charge is 2.08. The molecule has 0 radical (unpaired) electrons. The van der Waals surface area contributed by atoms with Crippen LogP contribution in [0.3, 0.4) is 0 Å². The topological polar surface area (TPSA) is 80.3 Å². The number of para-hydroxylation sites is 2. The lowest BCUT2D eigenvalue weighted by atomic mass is 10.2. The van der Waals surface area contributed by atoms with Gasteiger partial charge in [0.05, 0.1) is 17.9 Å². The first-order valence-corrected chi connectivity index (χ1v) is 10.5. The molecular weight excluding hydrogens is 416 g/mol. The van der Waals surface area contributed by atoms with Crippen LogP contribution in [0.2, 0.25) is 0 Å². The molecule has 166 valence electrons. The van der Waals surface area contributed by atoms with Crippen molar-refractivity contribution in [3.05, 3.63) is 84.9 Å². The van der Waals surface area contributed by atoms with E-state index in [2.05, 4.69) is 21.8 Å². The van der Waals surface area contributed by atoms with Gasteiger partial charge in [-0.25, -0.2) is 9.78 Å². The summed E-state index contributed by atoms with van der Waals surface area (Å²) in [5.41, 5.74) is 5.33. The molecule has 0 saturated heterocycles. The Kier molecular flexibility index (Phi) is 6.59. The van der Waals surface area contributed by atoms with Gasteiger partial charge in [-0.3, -0.25) is 0 Å². The summed E-state index contributed by atoms with van der Waals surface area (Å²) < 4.78 is 10.9. The summed E-state index contributed by atoms with van der Waals surface area (Å²) in [4.78, 5) is 18.0. The summed E-state index contributed by atoms with van der Waals surface area (Å²) in [6.07, 6.45) is 0. The van der Waals surface area contributed by atoms with Crippen LogP contribution >= 0.6 is 0 Å². The summed E-state index contributed by atoms with van der Waals surface area (Å²) in [7, 11) is 1.93. The van der Waals surface area contributed by atoms with Gasteiger partial charge in [-0.2, -0.15) is 10.2 Å². The minimum Gasteiger partial charge on any atom is -0.460 e. The van der Waals surface area contributed by atoms with Crippen molar-refractivity contribution >= 4 is 34.1 Å². The lowest BCUT2D eigenvalue weighted by Crippen LogP contribution is -2.23. The summed E-state index contributed by atoms with van der Waals surface area (Å²) >= 11 is 0. The van der Waals surface area contributed by atoms with E-state index in [4.69, 9.17) is 9.15 Å². The monoisotopic (exact) mass is 440 g/mol. The summed E-state index contributed by atoms with van der Waals surface area (Å²) in [6, 6.07) is 22.9. The molecule has 0 N–H and O–H groups in total. The van der Waals surface area contributed by atoms with E-state index >= 15 is 0 Å². The number of hydrogen-bond acceptors (Lipinski definition) is 7. The number of ether oxygens (including phenoxy) is 1. The first-order chi connectivity index (χ1) is 16.0. The fourth-order valence-corrected chi connectivity index (χ4v) is 3.08. The van der Waals surface area contributed by atoms with Gasteiger partial charge in [-0.05, 0) is 67.6 Å². The first kappa shape index (κ1) is 22.0. The average molecular weight is 441 g/mol. The lowest BCUT2D eigenvalue weighted by molar-refractivity contribution is -0.138. The maximum Gasteiger partial charge on any atom is 0.333 e. The van der Waals surface area contributed by atoms with Crippen molar-refractivity contribution in [1.29, 1.82) is 0 Å². The molecule has 33 heavy (non-hydrogen) atoms. The Morgan fingerprint density at radius 1 is 1.00 bits per heavy atom. The van der Waals surface area contributed by atoms with Crippen LogP contribution in [-0.4, -0.2) is 31.2 Å². The van der Waals surface area contributed by atoms with E-state index in [1.165, 1.54) is 0 Å². The van der Waals surface area contributed by atoms with Crippen LogP contribution < -0.4 is 4.90 Å². The molecule has 0 spiro atoms. The number of azo groups is 1. The SMILES string of the molecule is C=C(C)C(=O)OCCN(C)c1ccc(N=Nc2ccc(-c3nc4ccccc4o3)cc2)cc1. The summed E-state index contributed by atoms with van der Waals surface area (Å²) in [6.45, 7) is 6.07. The summed E-state index contributed by atoms with van der Waals surface area (Å²) in [5.74, 6) is 0.204. The zero-order valence-electron chi connectivity index (χ0n) is 18.6. The lowest BCUT2D eigenvalue weighted by Gasteiger charge is -2.19. The number of hydrogen-bond donors (Lipinski definition) is 0. The molecular formula is C26H24N4O3. The Balaban J connectivity index is 1.35. The van der Waals surface area contributed by atoms with Crippen molar-refractivity contribution in [1.82, 2.24) is 4.98 Å². The first-order valence-electron chi connectivity index (χ1n) is 10.5. The van der Waals surface area contributed by atoms with E-state index in [0.29, 0.717) is 24.6 Å². The Bertz CT molecular complexity index is 1260. The van der Waals surface area contributed by atoms with Crippen LogP contribution in [0.1, 0.15) is 6.92 Å². The Morgan fingerprint density at radius 3 is 2.27 bits per heavy atom. The highest BCUT2D eigenvalue weighted by molar-refractivity contribution is 5.86. The predicted octanol–water partition coefficient (Wildman–Crippen LogP) is 6.47. The maximum absolute atomic E-state index is 11.5. The van der Waals surface area contributed by atoms with Crippen molar-refractivity contribution in [3.8, 4) is 11.5 Å². The third-order valence-corrected chi connectivity index (χ3v) is 4.99. The minimum absolute atomic E-state index is 0.295. The predicted molar refractivity (Wildman–Crippen MR) is 129 cm³/mol. The molecule has 1 heterocycles. The second kappa shape index (κ2) is 9.91. The van der Waals surface area contributed by atoms with Crippen LogP contribution in [0.4, 0.5) is 17.1 Å². The highest BCUT2D eigenvalue weighted by Crippen LogP contribution is 2.27. The molecule has 0 fully saturated rings. The third-order valence-electron chi connectivity index (χ3n) is 4.99. The molecule has 3 aromatic carbocycles. The Labute approximate surface area is 192 Å². The van der Waals surface area contributed by atoms with E-state index in [0.717, 1.165) is 33.7 Å². The second-order valence-corrected chi connectivity index (χ2v) is 7.59. The molecule has 0 aliphatic rings. The molecule has 0 atom stereocenters. The van der Waals surface area contributed by atoms with Crippen molar-refractivity contribution in [2.24, 2.45) is 10.2 Å². The molecule has 0 aliphatic carbocycles. The zero-order valence-corrected chi connectivity index (χ0v) is 18.6. The molecule has 1 aromatic heterocycles. The smallest absolute Gasteiger partial charge is 0.333 e. The van der Waals surface area contributed by atoms with Gasteiger partial charge in [0.15, 0.2) is 5.58 Å². The van der Waals surface area contributed by atoms with Gasteiger partial charge >= 0.3 is 5.97 Å². The highest BCUT2D eigenvalue weighted by atomic mass is 16.5. The number of oxazole rings is 1. The van der Waals surface area contributed by atoms with Crippen molar-refractivity contribution in [2.45, 2.75) is 6.92 Å². The van der Waals surface area contributed by atoms with E-state index < -0.39 is 0 Å². The number of esters is 1. The number of carbonyl (C=O) groups is 1. The van der Waals surface area contributed by atoms with Gasteiger partial charge in [0.1, 0.15) is 12.1 Å². The number of nitrogens with zero attached hydrogens (tertiary/aromatic N) is 4. The van der Waals surface area contributed by atoms with Crippen molar-refractivity contribution in [2.75, 3.05) is 25.1 Å². The van der Waals surface area contributed by atoms with Crippen LogP contribution in [0.25, 0.3) is 22.6 Å². The Hall–Kier alpha value is -4.26. The van der Waals surface area contributed by atoms with E-state index in [-0.39, 0.29) is 5.97 Å². The normalized spacial score (nSPS) is 11.1. The number of likely N-dealkylation sites (N-methyl/N-ethyl adjacent to an activating group) is 1. The van der Waals surface area contributed by atoms with E-state index in [1.54, 1.807) is 6.92 Å². The van der Waals surface area contributed by atoms with Crippen LogP contribution in [0.15, 0.2) is 99.6 Å². The molecule has 0 saturated carbocycles. The molecule has 4 aromatic rings. The fraction of sp³-hybridized carbons (Fsp3) is 0.154. The van der Waals surface area contributed by atoms with Gasteiger partial charge in [-0.1, -0.05) is 18.7 Å². The average Bonchev–Trinajstić information content (AvgIpc) is 3.27. The van der Waals surface area contributed by atoms with Crippen LogP contribution in [0, 0.1) is 0 Å². The number of carbonyl (C=O) groups excluding carboxylic acids is 1. The third kappa shape index (κ3) is 5.51. The van der Waals surface area contributed by atoms with Gasteiger partial charge < -0.3 is 14.1 Å². The molecule has 0 amide bonds. The Morgan fingerprint density at radius 2 is 1.64 bits per heavy atom. The number of aromatic nitrogens is 1. The number of rotatable bonds is 8. The van der Waals surface area contributed by atoms with Crippen molar-refractivity contribution < 1.29 is 13.9 Å². The number of benzene rings is 3. The largest absolute Gasteiger partial charge is 0.460 e. The molecule has 7 nitrogen and oxygen atoms in total. The maximum atomic E-state index is 11.5. The summed E-state index contributed by atoms with van der Waals surface area (Å²) in [5, 5.41) is 8.62. The van der Waals surface area contributed by atoms with Crippen molar-refractivity contribution in [3.63, 3.8) is 0 Å². The van der Waals surface area contributed by atoms with Gasteiger partial charge in [-0.15, -0.1) is 0 Å². The zero-order chi connectivity index (χ0) is 23.2. The molecule has 7 heteroatoms.